The van der Waals surface area contributed by atoms with Crippen molar-refractivity contribution in [3.63, 3.8) is 0 Å². The average molecular weight is 340 g/mol. The van der Waals surface area contributed by atoms with Gasteiger partial charge in [-0.2, -0.15) is 0 Å². The molecule has 3 rings (SSSR count). The molecule has 2 N–H and O–H groups in total. The van der Waals surface area contributed by atoms with E-state index in [1.165, 1.54) is 12.3 Å². The molecule has 0 aliphatic heterocycles. The number of benzene rings is 2. The van der Waals surface area contributed by atoms with Crippen LogP contribution in [-0.4, -0.2) is 15.6 Å². The maximum absolute atomic E-state index is 14.5. The molecule has 0 amide bonds. The molecule has 0 spiro atoms. The van der Waals surface area contributed by atoms with E-state index in [2.05, 4.69) is 5.32 Å². The maximum atomic E-state index is 14.5. The van der Waals surface area contributed by atoms with Gasteiger partial charge in [0.25, 0.3) is 0 Å². The molecule has 0 unspecified atom stereocenters. The molecule has 6 heteroatoms. The van der Waals surface area contributed by atoms with E-state index in [4.69, 9.17) is 5.11 Å². The van der Waals surface area contributed by atoms with Crippen molar-refractivity contribution in [2.24, 2.45) is 0 Å². The highest BCUT2D eigenvalue weighted by Crippen LogP contribution is 2.22. The Balaban J connectivity index is 2.08. The number of aromatic nitrogens is 1. The van der Waals surface area contributed by atoms with Crippen molar-refractivity contribution in [2.45, 2.75) is 20.0 Å². The minimum absolute atomic E-state index is 0.202. The Hall–Kier alpha value is -3.15. The van der Waals surface area contributed by atoms with E-state index in [0.717, 1.165) is 5.56 Å². The summed E-state index contributed by atoms with van der Waals surface area (Å²) < 4.78 is 16.1. The van der Waals surface area contributed by atoms with E-state index in [1.54, 1.807) is 17.6 Å². The standard InChI is InChI=1S/C19H17FN2O3/c1-2-22-11-14(19(24)25)18(23)17-15(20)8-13(9-16(17)22)21-10-12-6-4-3-5-7-12/h3-9,11,21H,2,10H2,1H3,(H,24,25). The lowest BCUT2D eigenvalue weighted by molar-refractivity contribution is 0.0695. The number of halogens is 1. The molecule has 0 bridgehead atoms. The molecular weight excluding hydrogens is 323 g/mol. The average Bonchev–Trinajstić information content (AvgIpc) is 2.60. The van der Waals surface area contributed by atoms with Crippen molar-refractivity contribution < 1.29 is 14.3 Å². The van der Waals surface area contributed by atoms with Crippen LogP contribution in [0, 0.1) is 5.82 Å². The Morgan fingerprint density at radius 3 is 2.60 bits per heavy atom. The molecule has 0 atom stereocenters. The van der Waals surface area contributed by atoms with Gasteiger partial charge in [-0.1, -0.05) is 30.3 Å². The van der Waals surface area contributed by atoms with Crippen molar-refractivity contribution in [2.75, 3.05) is 5.32 Å². The molecule has 0 saturated heterocycles. The summed E-state index contributed by atoms with van der Waals surface area (Å²) in [5.74, 6) is -2.09. The summed E-state index contributed by atoms with van der Waals surface area (Å²) in [6.07, 6.45) is 1.26. The summed E-state index contributed by atoms with van der Waals surface area (Å²) in [6.45, 7) is 2.73. The monoisotopic (exact) mass is 340 g/mol. The molecule has 0 aliphatic rings. The van der Waals surface area contributed by atoms with Gasteiger partial charge < -0.3 is 15.0 Å². The Kier molecular flexibility index (Phi) is 4.52. The summed E-state index contributed by atoms with van der Waals surface area (Å²) >= 11 is 0. The van der Waals surface area contributed by atoms with Crippen LogP contribution in [0.2, 0.25) is 0 Å². The molecule has 0 aliphatic carbocycles. The highest BCUT2D eigenvalue weighted by atomic mass is 19.1. The minimum atomic E-state index is -1.36. The van der Waals surface area contributed by atoms with Crippen LogP contribution in [0.1, 0.15) is 22.8 Å². The first kappa shape index (κ1) is 16.7. The van der Waals surface area contributed by atoms with Crippen molar-refractivity contribution in [1.82, 2.24) is 4.57 Å². The van der Waals surface area contributed by atoms with E-state index < -0.39 is 22.8 Å². The second-order valence-corrected chi connectivity index (χ2v) is 5.65. The Bertz CT molecular complexity index is 997. The van der Waals surface area contributed by atoms with Crippen molar-refractivity contribution in [1.29, 1.82) is 0 Å². The first-order chi connectivity index (χ1) is 12.0. The molecule has 5 nitrogen and oxygen atoms in total. The van der Waals surface area contributed by atoms with Crippen LogP contribution >= 0.6 is 0 Å². The molecule has 0 radical (unpaired) electrons. The van der Waals surface area contributed by atoms with Gasteiger partial charge in [0.05, 0.1) is 10.9 Å². The molecular formula is C19H17FN2O3. The normalized spacial score (nSPS) is 10.8. The Morgan fingerprint density at radius 2 is 1.96 bits per heavy atom. The molecule has 1 aromatic heterocycles. The zero-order chi connectivity index (χ0) is 18.0. The maximum Gasteiger partial charge on any atom is 0.341 e. The number of hydrogen-bond donors (Lipinski definition) is 2. The van der Waals surface area contributed by atoms with Gasteiger partial charge in [-0.15, -0.1) is 0 Å². The van der Waals surface area contributed by atoms with Crippen LogP contribution in [0.5, 0.6) is 0 Å². The molecule has 3 aromatic rings. The van der Waals surface area contributed by atoms with Crippen LogP contribution < -0.4 is 10.7 Å². The fourth-order valence-corrected chi connectivity index (χ4v) is 2.78. The van der Waals surface area contributed by atoms with Gasteiger partial charge in [-0.3, -0.25) is 4.79 Å². The Labute approximate surface area is 143 Å². The van der Waals surface area contributed by atoms with E-state index in [9.17, 15) is 14.0 Å². The van der Waals surface area contributed by atoms with E-state index in [1.807, 2.05) is 30.3 Å². The quantitative estimate of drug-likeness (QED) is 0.746. The third-order valence-electron chi connectivity index (χ3n) is 4.05. The smallest absolute Gasteiger partial charge is 0.341 e. The summed E-state index contributed by atoms with van der Waals surface area (Å²) in [7, 11) is 0. The lowest BCUT2D eigenvalue weighted by Crippen LogP contribution is -2.20. The number of hydrogen-bond acceptors (Lipinski definition) is 3. The van der Waals surface area contributed by atoms with Crippen LogP contribution in [0.4, 0.5) is 10.1 Å². The van der Waals surface area contributed by atoms with Crippen molar-refractivity contribution >= 4 is 22.6 Å². The van der Waals surface area contributed by atoms with E-state index in [-0.39, 0.29) is 5.39 Å². The van der Waals surface area contributed by atoms with Gasteiger partial charge in [0.15, 0.2) is 0 Å². The summed E-state index contributed by atoms with van der Waals surface area (Å²) in [4.78, 5) is 23.5. The number of carbonyl (C=O) groups is 1. The fraction of sp³-hybridized carbons (Fsp3) is 0.158. The number of nitrogens with one attached hydrogen (secondary N) is 1. The highest BCUT2D eigenvalue weighted by molar-refractivity contribution is 5.93. The summed E-state index contributed by atoms with van der Waals surface area (Å²) in [5.41, 5.74) is 0.696. The van der Waals surface area contributed by atoms with Crippen LogP contribution in [0.25, 0.3) is 10.9 Å². The van der Waals surface area contributed by atoms with Gasteiger partial charge in [-0.25, -0.2) is 9.18 Å². The first-order valence-corrected chi connectivity index (χ1v) is 7.89. The number of carboxylic acids is 1. The Morgan fingerprint density at radius 1 is 1.24 bits per heavy atom. The largest absolute Gasteiger partial charge is 0.477 e. The van der Waals surface area contributed by atoms with Crippen LogP contribution in [-0.2, 0) is 13.1 Å². The number of rotatable bonds is 5. The number of aromatic carboxylic acids is 1. The van der Waals surface area contributed by atoms with E-state index in [0.29, 0.717) is 24.3 Å². The zero-order valence-corrected chi connectivity index (χ0v) is 13.6. The van der Waals surface area contributed by atoms with Gasteiger partial charge in [-0.05, 0) is 24.6 Å². The highest BCUT2D eigenvalue weighted by Gasteiger charge is 2.17. The molecule has 2 aromatic carbocycles. The lowest BCUT2D eigenvalue weighted by Gasteiger charge is -2.13. The SMILES string of the molecule is CCn1cc(C(=O)O)c(=O)c2c(F)cc(NCc3ccccc3)cc21. The van der Waals surface area contributed by atoms with Gasteiger partial charge >= 0.3 is 5.97 Å². The molecule has 0 fully saturated rings. The van der Waals surface area contributed by atoms with Crippen molar-refractivity contribution in [3.05, 3.63) is 75.8 Å². The second kappa shape index (κ2) is 6.76. The zero-order valence-electron chi connectivity index (χ0n) is 13.6. The number of anilines is 1. The third-order valence-corrected chi connectivity index (χ3v) is 4.05. The predicted molar refractivity (Wildman–Crippen MR) is 94.6 cm³/mol. The van der Waals surface area contributed by atoms with Gasteiger partial charge in [0.2, 0.25) is 5.43 Å². The molecule has 1 heterocycles. The fourth-order valence-electron chi connectivity index (χ4n) is 2.78. The van der Waals surface area contributed by atoms with Crippen LogP contribution in [0.3, 0.4) is 0 Å². The topological polar surface area (TPSA) is 71.3 Å². The minimum Gasteiger partial charge on any atom is -0.477 e. The number of fused-ring (bicyclic) bond motifs is 1. The second-order valence-electron chi connectivity index (χ2n) is 5.65. The number of aryl methyl sites for hydroxylation is 1. The first-order valence-electron chi connectivity index (χ1n) is 7.89. The molecule has 0 saturated carbocycles. The number of nitrogens with zero attached hydrogens (tertiary/aromatic N) is 1. The van der Waals surface area contributed by atoms with Gasteiger partial charge in [0, 0.05) is 25.0 Å². The summed E-state index contributed by atoms with van der Waals surface area (Å²) in [5, 5.41) is 12.1. The van der Waals surface area contributed by atoms with Crippen LogP contribution in [0.15, 0.2) is 53.5 Å². The third kappa shape index (κ3) is 3.24. The molecule has 128 valence electrons. The van der Waals surface area contributed by atoms with Gasteiger partial charge in [0.1, 0.15) is 11.4 Å². The number of pyridine rings is 1. The van der Waals surface area contributed by atoms with E-state index >= 15 is 0 Å². The van der Waals surface area contributed by atoms with Crippen molar-refractivity contribution in [3.8, 4) is 0 Å². The lowest BCUT2D eigenvalue weighted by atomic mass is 10.1. The number of carboxylic acid groups (broad SMARTS) is 1. The predicted octanol–water partition coefficient (Wildman–Crippen LogP) is 3.47. The summed E-state index contributed by atoms with van der Waals surface area (Å²) in [6, 6.07) is 12.5. The molecule has 25 heavy (non-hydrogen) atoms.